The third kappa shape index (κ3) is 5.25. The molecule has 0 unspecified atom stereocenters. The zero-order chi connectivity index (χ0) is 12.8. The van der Waals surface area contributed by atoms with E-state index in [1.807, 2.05) is 18.2 Å². The Balaban J connectivity index is 0.00000180. The Morgan fingerprint density at radius 3 is 2.55 bits per heavy atom. The van der Waals surface area contributed by atoms with E-state index in [1.165, 1.54) is 0 Å². The Hall–Kier alpha value is -0.880. The molecule has 0 aliphatic carbocycles. The second kappa shape index (κ2) is 9.94. The van der Waals surface area contributed by atoms with E-state index in [0.717, 1.165) is 56.3 Å². The molecule has 1 aromatic rings. The summed E-state index contributed by atoms with van der Waals surface area (Å²) < 4.78 is 5.33. The highest BCUT2D eigenvalue weighted by Crippen LogP contribution is 2.27. The quantitative estimate of drug-likeness (QED) is 0.568. The van der Waals surface area contributed by atoms with Gasteiger partial charge in [-0.25, -0.2) is 0 Å². The number of nitrogens with zero attached hydrogens (tertiary/aromatic N) is 1. The molecule has 0 atom stereocenters. The molecule has 1 fully saturated rings. The van der Waals surface area contributed by atoms with Crippen LogP contribution in [-0.4, -0.2) is 44.6 Å². The third-order valence-electron chi connectivity index (χ3n) is 3.04. The van der Waals surface area contributed by atoms with Crippen molar-refractivity contribution in [2.24, 2.45) is 0 Å². The molecule has 0 saturated carbocycles. The average Bonchev–Trinajstić information content (AvgIpc) is 2.40. The highest BCUT2D eigenvalue weighted by Gasteiger charge is 2.13. The monoisotopic (exact) mass is 323 g/mol. The number of aliphatic hydroxyl groups excluding tert-OH is 1. The van der Waals surface area contributed by atoms with Crippen LogP contribution in [0, 0.1) is 0 Å². The number of benzene rings is 1. The topological polar surface area (TPSA) is 70.8 Å². The minimum Gasteiger partial charge on any atom is -0.397 e. The first-order chi connectivity index (χ1) is 8.81. The first-order valence-electron chi connectivity index (χ1n) is 6.38. The summed E-state index contributed by atoms with van der Waals surface area (Å²) in [4.78, 5) is 2.25. The van der Waals surface area contributed by atoms with E-state index in [9.17, 15) is 0 Å². The number of morpholine rings is 1. The fraction of sp³-hybridized carbons (Fsp3) is 0.538. The molecule has 116 valence electrons. The van der Waals surface area contributed by atoms with Crippen LogP contribution in [0.3, 0.4) is 0 Å². The van der Waals surface area contributed by atoms with Crippen molar-refractivity contribution in [3.8, 4) is 0 Å². The minimum atomic E-state index is 0. The molecule has 1 aromatic carbocycles. The van der Waals surface area contributed by atoms with Gasteiger partial charge in [-0.1, -0.05) is 0 Å². The van der Waals surface area contributed by atoms with Gasteiger partial charge in [0.2, 0.25) is 0 Å². The van der Waals surface area contributed by atoms with Crippen LogP contribution in [0.15, 0.2) is 18.2 Å². The molecular weight excluding hydrogens is 301 g/mol. The van der Waals surface area contributed by atoms with Gasteiger partial charge in [-0.3, -0.25) is 0 Å². The maximum atomic E-state index is 8.73. The van der Waals surface area contributed by atoms with Crippen molar-refractivity contribution in [3.63, 3.8) is 0 Å². The number of hydrogen-bond acceptors (Lipinski definition) is 5. The van der Waals surface area contributed by atoms with Crippen LogP contribution in [0.5, 0.6) is 0 Å². The smallest absolute Gasteiger partial charge is 0.0642 e. The van der Waals surface area contributed by atoms with Crippen LogP contribution in [0.2, 0.25) is 0 Å². The van der Waals surface area contributed by atoms with Crippen molar-refractivity contribution < 1.29 is 9.84 Å². The maximum Gasteiger partial charge on any atom is 0.0642 e. The van der Waals surface area contributed by atoms with E-state index >= 15 is 0 Å². The summed E-state index contributed by atoms with van der Waals surface area (Å²) in [5.41, 5.74) is 8.94. The number of nitrogens with one attached hydrogen (secondary N) is 1. The Bertz CT molecular complexity index is 388. The van der Waals surface area contributed by atoms with Crippen LogP contribution in [0.25, 0.3) is 0 Å². The molecule has 1 saturated heterocycles. The van der Waals surface area contributed by atoms with Gasteiger partial charge in [0.15, 0.2) is 0 Å². The first kappa shape index (κ1) is 19.1. The predicted molar refractivity (Wildman–Crippen MR) is 88.6 cm³/mol. The zero-order valence-corrected chi connectivity index (χ0v) is 13.0. The van der Waals surface area contributed by atoms with Gasteiger partial charge in [0.25, 0.3) is 0 Å². The molecule has 0 amide bonds. The van der Waals surface area contributed by atoms with Gasteiger partial charge in [0, 0.05) is 31.9 Å². The summed E-state index contributed by atoms with van der Waals surface area (Å²) in [6, 6.07) is 6.02. The van der Waals surface area contributed by atoms with Gasteiger partial charge >= 0.3 is 0 Å². The summed E-state index contributed by atoms with van der Waals surface area (Å²) in [5.74, 6) is 0. The molecule has 1 heterocycles. The minimum absolute atomic E-state index is 0. The number of halogens is 2. The van der Waals surface area contributed by atoms with Gasteiger partial charge in [-0.2, -0.15) is 0 Å². The molecule has 20 heavy (non-hydrogen) atoms. The maximum absolute atomic E-state index is 8.73. The zero-order valence-electron chi connectivity index (χ0n) is 11.4. The number of rotatable bonds is 5. The van der Waals surface area contributed by atoms with E-state index in [4.69, 9.17) is 15.6 Å². The molecular formula is C13H23Cl2N3O2. The Morgan fingerprint density at radius 2 is 1.95 bits per heavy atom. The van der Waals surface area contributed by atoms with Crippen LogP contribution >= 0.6 is 24.8 Å². The Kier molecular flexibility index (Phi) is 9.50. The SMILES string of the molecule is Cl.Cl.Nc1cc(NCCCO)ccc1N1CCOCC1. The van der Waals surface area contributed by atoms with Crippen molar-refractivity contribution in [1.82, 2.24) is 0 Å². The lowest BCUT2D eigenvalue weighted by Crippen LogP contribution is -2.36. The number of nitrogen functional groups attached to an aromatic ring is 1. The Labute approximate surface area is 132 Å². The number of ether oxygens (including phenoxy) is 1. The van der Waals surface area contributed by atoms with Crippen molar-refractivity contribution in [1.29, 1.82) is 0 Å². The van der Waals surface area contributed by atoms with E-state index in [2.05, 4.69) is 10.2 Å². The molecule has 0 radical (unpaired) electrons. The number of anilines is 3. The second-order valence-corrected chi connectivity index (χ2v) is 4.38. The van der Waals surface area contributed by atoms with E-state index in [1.54, 1.807) is 0 Å². The van der Waals surface area contributed by atoms with E-state index < -0.39 is 0 Å². The molecule has 0 bridgehead atoms. The Morgan fingerprint density at radius 1 is 1.25 bits per heavy atom. The predicted octanol–water partition coefficient (Wildman–Crippen LogP) is 1.74. The largest absolute Gasteiger partial charge is 0.397 e. The lowest BCUT2D eigenvalue weighted by Gasteiger charge is -2.30. The average molecular weight is 324 g/mol. The molecule has 4 N–H and O–H groups in total. The molecule has 7 heteroatoms. The van der Waals surface area contributed by atoms with Crippen molar-refractivity contribution >= 4 is 41.9 Å². The third-order valence-corrected chi connectivity index (χ3v) is 3.04. The van der Waals surface area contributed by atoms with Crippen molar-refractivity contribution in [2.45, 2.75) is 6.42 Å². The standard InChI is InChI=1S/C13H21N3O2.2ClH/c14-12-10-11(15-4-1-7-17)2-3-13(12)16-5-8-18-9-6-16;;/h2-3,10,15,17H,1,4-9,14H2;2*1H. The number of nitrogens with two attached hydrogens (primary N) is 1. The first-order valence-corrected chi connectivity index (χ1v) is 6.38. The van der Waals surface area contributed by atoms with Gasteiger partial charge in [0.05, 0.1) is 24.6 Å². The molecule has 0 aromatic heterocycles. The van der Waals surface area contributed by atoms with Crippen molar-refractivity contribution in [3.05, 3.63) is 18.2 Å². The van der Waals surface area contributed by atoms with Gasteiger partial charge in [0.1, 0.15) is 0 Å². The number of aliphatic hydroxyl groups is 1. The van der Waals surface area contributed by atoms with Crippen molar-refractivity contribution in [2.75, 3.05) is 55.4 Å². The molecule has 5 nitrogen and oxygen atoms in total. The number of hydrogen-bond donors (Lipinski definition) is 3. The normalized spacial score (nSPS) is 14.2. The molecule has 2 rings (SSSR count). The van der Waals surface area contributed by atoms with Crippen LogP contribution in [0.1, 0.15) is 6.42 Å². The fourth-order valence-corrected chi connectivity index (χ4v) is 2.07. The van der Waals surface area contributed by atoms with Crippen LogP contribution in [0.4, 0.5) is 17.1 Å². The lowest BCUT2D eigenvalue weighted by molar-refractivity contribution is 0.123. The lowest BCUT2D eigenvalue weighted by atomic mass is 10.2. The van der Waals surface area contributed by atoms with Crippen LogP contribution in [-0.2, 0) is 4.74 Å². The summed E-state index contributed by atoms with van der Waals surface area (Å²) in [6.45, 7) is 4.26. The highest BCUT2D eigenvalue weighted by molar-refractivity contribution is 5.85. The van der Waals surface area contributed by atoms with E-state index in [-0.39, 0.29) is 31.4 Å². The second-order valence-electron chi connectivity index (χ2n) is 4.38. The summed E-state index contributed by atoms with van der Waals surface area (Å²) in [5, 5.41) is 12.0. The van der Waals surface area contributed by atoms with Gasteiger partial charge < -0.3 is 25.8 Å². The van der Waals surface area contributed by atoms with E-state index in [0.29, 0.717) is 0 Å². The van der Waals surface area contributed by atoms with Gasteiger partial charge in [-0.05, 0) is 24.6 Å². The fourth-order valence-electron chi connectivity index (χ4n) is 2.07. The highest BCUT2D eigenvalue weighted by atomic mass is 35.5. The molecule has 1 aliphatic heterocycles. The summed E-state index contributed by atoms with van der Waals surface area (Å²) in [7, 11) is 0. The summed E-state index contributed by atoms with van der Waals surface area (Å²) >= 11 is 0. The molecule has 1 aliphatic rings. The molecule has 0 spiro atoms. The summed E-state index contributed by atoms with van der Waals surface area (Å²) in [6.07, 6.45) is 0.741. The van der Waals surface area contributed by atoms with Crippen LogP contribution < -0.4 is 16.0 Å². The van der Waals surface area contributed by atoms with Gasteiger partial charge in [-0.15, -0.1) is 24.8 Å².